The van der Waals surface area contributed by atoms with E-state index in [9.17, 15) is 4.79 Å². The maximum atomic E-state index is 12.5. The molecule has 0 saturated heterocycles. The first-order chi connectivity index (χ1) is 11.0. The average molecular weight is 309 g/mol. The Kier molecular flexibility index (Phi) is 4.37. The number of carbonyl (C=O) groups excluding carboxylic acids is 1. The molecule has 1 aliphatic rings. The second kappa shape index (κ2) is 6.45. The summed E-state index contributed by atoms with van der Waals surface area (Å²) in [5.74, 6) is 0.889. The number of rotatable bonds is 3. The van der Waals surface area contributed by atoms with Crippen LogP contribution in [-0.4, -0.2) is 24.0 Å². The maximum absolute atomic E-state index is 12.5. The van der Waals surface area contributed by atoms with Crippen molar-refractivity contribution in [3.63, 3.8) is 0 Å². The summed E-state index contributed by atoms with van der Waals surface area (Å²) in [6.45, 7) is 7.68. The molecule has 0 aromatic heterocycles. The van der Waals surface area contributed by atoms with Crippen LogP contribution in [0.1, 0.15) is 27.8 Å². The monoisotopic (exact) mass is 309 g/mol. The van der Waals surface area contributed by atoms with Crippen LogP contribution >= 0.6 is 0 Å². The summed E-state index contributed by atoms with van der Waals surface area (Å²) in [5, 5.41) is 0. The van der Waals surface area contributed by atoms with Crippen molar-refractivity contribution < 1.29 is 9.53 Å². The van der Waals surface area contributed by atoms with Gasteiger partial charge >= 0.3 is 0 Å². The number of carbonyl (C=O) groups is 1. The number of ether oxygens (including phenoxy) is 1. The number of benzene rings is 2. The van der Waals surface area contributed by atoms with E-state index >= 15 is 0 Å². The van der Waals surface area contributed by atoms with Crippen molar-refractivity contribution >= 4 is 5.91 Å². The summed E-state index contributed by atoms with van der Waals surface area (Å²) < 4.78 is 5.83. The van der Waals surface area contributed by atoms with Crippen LogP contribution in [0.25, 0.3) is 0 Å². The third kappa shape index (κ3) is 3.39. The van der Waals surface area contributed by atoms with E-state index in [1.54, 1.807) is 0 Å². The molecule has 1 amide bonds. The fourth-order valence-electron chi connectivity index (χ4n) is 3.33. The lowest BCUT2D eigenvalue weighted by Gasteiger charge is -2.29. The summed E-state index contributed by atoms with van der Waals surface area (Å²) in [6.07, 6.45) is 0.921. The second-order valence-electron chi connectivity index (χ2n) is 6.35. The zero-order valence-corrected chi connectivity index (χ0v) is 14.1. The number of nitrogens with zero attached hydrogens (tertiary/aromatic N) is 1. The van der Waals surface area contributed by atoms with Crippen LogP contribution in [0, 0.1) is 20.8 Å². The van der Waals surface area contributed by atoms with E-state index in [4.69, 9.17) is 4.74 Å². The van der Waals surface area contributed by atoms with Crippen LogP contribution < -0.4 is 4.74 Å². The normalized spacial score (nSPS) is 13.6. The minimum Gasteiger partial charge on any atom is -0.483 e. The summed E-state index contributed by atoms with van der Waals surface area (Å²) in [5.41, 5.74) is 5.97. The van der Waals surface area contributed by atoms with Gasteiger partial charge < -0.3 is 9.64 Å². The van der Waals surface area contributed by atoms with Crippen LogP contribution in [0.4, 0.5) is 0 Å². The first-order valence-corrected chi connectivity index (χ1v) is 8.10. The fraction of sp³-hybridized carbons (Fsp3) is 0.350. The molecule has 0 saturated carbocycles. The van der Waals surface area contributed by atoms with Gasteiger partial charge in [0.2, 0.25) is 0 Å². The van der Waals surface area contributed by atoms with Gasteiger partial charge in [0.15, 0.2) is 6.61 Å². The predicted molar refractivity (Wildman–Crippen MR) is 91.7 cm³/mol. The Morgan fingerprint density at radius 3 is 2.43 bits per heavy atom. The summed E-state index contributed by atoms with van der Waals surface area (Å²) in [4.78, 5) is 14.4. The predicted octanol–water partition coefficient (Wildman–Crippen LogP) is 3.58. The number of aryl methyl sites for hydroxylation is 3. The first kappa shape index (κ1) is 15.6. The van der Waals surface area contributed by atoms with Gasteiger partial charge in [0.05, 0.1) is 0 Å². The Morgan fingerprint density at radius 2 is 1.74 bits per heavy atom. The van der Waals surface area contributed by atoms with Gasteiger partial charge in [-0.25, -0.2) is 0 Å². The lowest BCUT2D eigenvalue weighted by Crippen LogP contribution is -2.38. The molecule has 0 bridgehead atoms. The van der Waals surface area contributed by atoms with E-state index in [1.807, 2.05) is 24.8 Å². The van der Waals surface area contributed by atoms with Gasteiger partial charge in [-0.05, 0) is 49.4 Å². The Balaban J connectivity index is 1.65. The molecule has 120 valence electrons. The van der Waals surface area contributed by atoms with E-state index in [2.05, 4.69) is 37.3 Å². The van der Waals surface area contributed by atoms with Crippen molar-refractivity contribution in [2.24, 2.45) is 0 Å². The molecule has 2 aromatic carbocycles. The largest absolute Gasteiger partial charge is 0.483 e. The highest BCUT2D eigenvalue weighted by Crippen LogP contribution is 2.25. The molecule has 1 heterocycles. The Labute approximate surface area is 137 Å². The molecule has 0 spiro atoms. The lowest BCUT2D eigenvalue weighted by atomic mass is 10.00. The van der Waals surface area contributed by atoms with Crippen molar-refractivity contribution in [1.29, 1.82) is 0 Å². The standard InChI is InChI=1S/C20H23NO2/c1-14-10-15(2)20(16(3)11-14)23-13-19(22)21-9-8-17-6-4-5-7-18(17)12-21/h4-7,10-11H,8-9,12-13H2,1-3H3. The molecular formula is C20H23NO2. The second-order valence-corrected chi connectivity index (χ2v) is 6.35. The number of amides is 1. The number of hydrogen-bond donors (Lipinski definition) is 0. The highest BCUT2D eigenvalue weighted by atomic mass is 16.5. The first-order valence-electron chi connectivity index (χ1n) is 8.10. The van der Waals surface area contributed by atoms with Crippen molar-refractivity contribution in [3.05, 3.63) is 64.2 Å². The molecule has 2 aromatic rings. The zero-order valence-electron chi connectivity index (χ0n) is 14.1. The van der Waals surface area contributed by atoms with E-state index in [0.29, 0.717) is 6.54 Å². The van der Waals surface area contributed by atoms with Crippen molar-refractivity contribution in [2.45, 2.75) is 33.7 Å². The third-order valence-electron chi connectivity index (χ3n) is 4.43. The van der Waals surface area contributed by atoms with Crippen molar-refractivity contribution in [1.82, 2.24) is 4.90 Å². The summed E-state index contributed by atoms with van der Waals surface area (Å²) in [6, 6.07) is 12.5. The van der Waals surface area contributed by atoms with Crippen molar-refractivity contribution in [2.75, 3.05) is 13.2 Å². The molecule has 0 radical (unpaired) electrons. The summed E-state index contributed by atoms with van der Waals surface area (Å²) in [7, 11) is 0. The number of fused-ring (bicyclic) bond motifs is 1. The smallest absolute Gasteiger partial charge is 0.260 e. The molecule has 23 heavy (non-hydrogen) atoms. The molecule has 3 heteroatoms. The van der Waals surface area contributed by atoms with Crippen LogP contribution in [0.5, 0.6) is 5.75 Å². The van der Waals surface area contributed by atoms with Gasteiger partial charge in [-0.15, -0.1) is 0 Å². The SMILES string of the molecule is Cc1cc(C)c(OCC(=O)N2CCc3ccccc3C2)c(C)c1. The lowest BCUT2D eigenvalue weighted by molar-refractivity contribution is -0.134. The molecule has 0 atom stereocenters. The van der Waals surface area contributed by atoms with Gasteiger partial charge in [0.25, 0.3) is 5.91 Å². The van der Waals surface area contributed by atoms with Gasteiger partial charge in [-0.2, -0.15) is 0 Å². The highest BCUT2D eigenvalue weighted by Gasteiger charge is 2.21. The van der Waals surface area contributed by atoms with Crippen molar-refractivity contribution in [3.8, 4) is 5.75 Å². The minimum absolute atomic E-state index is 0.0545. The molecule has 0 N–H and O–H groups in total. The highest BCUT2D eigenvalue weighted by molar-refractivity contribution is 5.78. The molecule has 0 fully saturated rings. The maximum Gasteiger partial charge on any atom is 0.260 e. The van der Waals surface area contributed by atoms with E-state index < -0.39 is 0 Å². The Morgan fingerprint density at radius 1 is 1.09 bits per heavy atom. The van der Waals surface area contributed by atoms with Gasteiger partial charge in [0, 0.05) is 13.1 Å². The fourth-order valence-corrected chi connectivity index (χ4v) is 3.33. The quantitative estimate of drug-likeness (QED) is 0.867. The summed E-state index contributed by atoms with van der Waals surface area (Å²) >= 11 is 0. The topological polar surface area (TPSA) is 29.5 Å². The molecular weight excluding hydrogens is 286 g/mol. The molecule has 0 unspecified atom stereocenters. The van der Waals surface area contributed by atoms with Gasteiger partial charge in [-0.1, -0.05) is 42.0 Å². The molecule has 1 aliphatic heterocycles. The van der Waals surface area contributed by atoms with E-state index in [1.165, 1.54) is 16.7 Å². The Hall–Kier alpha value is -2.29. The molecule has 3 rings (SSSR count). The van der Waals surface area contributed by atoms with Crippen LogP contribution in [-0.2, 0) is 17.8 Å². The zero-order chi connectivity index (χ0) is 16.4. The van der Waals surface area contributed by atoms with Crippen LogP contribution in [0.15, 0.2) is 36.4 Å². The molecule has 0 aliphatic carbocycles. The van der Waals surface area contributed by atoms with Gasteiger partial charge in [-0.3, -0.25) is 4.79 Å². The number of hydrogen-bond acceptors (Lipinski definition) is 2. The Bertz CT molecular complexity index is 713. The van der Waals surface area contributed by atoms with E-state index in [-0.39, 0.29) is 12.5 Å². The van der Waals surface area contributed by atoms with E-state index in [0.717, 1.165) is 29.8 Å². The van der Waals surface area contributed by atoms with Crippen LogP contribution in [0.3, 0.4) is 0 Å². The average Bonchev–Trinajstić information content (AvgIpc) is 2.53. The van der Waals surface area contributed by atoms with Gasteiger partial charge in [0.1, 0.15) is 5.75 Å². The van der Waals surface area contributed by atoms with Crippen LogP contribution in [0.2, 0.25) is 0 Å². The third-order valence-corrected chi connectivity index (χ3v) is 4.43. The minimum atomic E-state index is 0.0545. The molecule has 3 nitrogen and oxygen atoms in total.